The third-order valence-corrected chi connectivity index (χ3v) is 3.51. The maximum Gasteiger partial charge on any atom is 0.336 e. The third kappa shape index (κ3) is 2.89. The second-order valence-electron chi connectivity index (χ2n) is 3.86. The van der Waals surface area contributed by atoms with Crippen LogP contribution in [0.15, 0.2) is 47.9 Å². The number of benzene rings is 1. The van der Waals surface area contributed by atoms with Crippen LogP contribution in [0.2, 0.25) is 0 Å². The average molecular weight is 275 g/mol. The highest BCUT2D eigenvalue weighted by Crippen LogP contribution is 2.28. The summed E-state index contributed by atoms with van der Waals surface area (Å²) in [5, 5.41) is 12.5. The maximum atomic E-state index is 11.3. The predicted octanol–water partition coefficient (Wildman–Crippen LogP) is 2.57. The molecule has 98 valence electrons. The van der Waals surface area contributed by atoms with Crippen LogP contribution in [0.3, 0.4) is 0 Å². The van der Waals surface area contributed by atoms with Gasteiger partial charge in [0, 0.05) is 10.9 Å². The summed E-state index contributed by atoms with van der Waals surface area (Å²) in [7, 11) is 1.25. The smallest absolute Gasteiger partial charge is 0.336 e. The number of aliphatic hydroxyl groups excluding tert-OH is 1. The molecule has 4 nitrogen and oxygen atoms in total. The van der Waals surface area contributed by atoms with Gasteiger partial charge in [0.05, 0.1) is 18.4 Å². The Hall–Kier alpha value is -1.98. The Labute approximate surface area is 115 Å². The van der Waals surface area contributed by atoms with Crippen LogP contribution in [0.25, 0.3) is 10.6 Å². The van der Waals surface area contributed by atoms with Crippen LogP contribution >= 0.6 is 11.3 Å². The lowest BCUT2D eigenvalue weighted by atomic mass is 10.1. The van der Waals surface area contributed by atoms with Crippen molar-refractivity contribution in [3.8, 4) is 10.6 Å². The Morgan fingerprint density at radius 1 is 1.42 bits per heavy atom. The van der Waals surface area contributed by atoms with Crippen molar-refractivity contribution in [1.29, 1.82) is 0 Å². The molecule has 19 heavy (non-hydrogen) atoms. The van der Waals surface area contributed by atoms with Gasteiger partial charge in [0.15, 0.2) is 0 Å². The van der Waals surface area contributed by atoms with E-state index in [0.29, 0.717) is 5.69 Å². The number of esters is 1. The number of nitrogens with zero attached hydrogens (tertiary/aromatic N) is 1. The molecule has 0 radical (unpaired) electrons. The van der Waals surface area contributed by atoms with Gasteiger partial charge in [-0.15, -0.1) is 11.3 Å². The molecule has 1 unspecified atom stereocenters. The number of aliphatic hydroxyl groups is 1. The summed E-state index contributed by atoms with van der Waals surface area (Å²) in [4.78, 5) is 15.6. The van der Waals surface area contributed by atoms with Crippen LogP contribution in [0.5, 0.6) is 0 Å². The summed E-state index contributed by atoms with van der Waals surface area (Å²) in [6, 6.07) is 9.63. The van der Waals surface area contributed by atoms with E-state index in [1.807, 2.05) is 30.3 Å². The zero-order valence-corrected chi connectivity index (χ0v) is 11.2. The van der Waals surface area contributed by atoms with E-state index >= 15 is 0 Å². The fourth-order valence-electron chi connectivity index (χ4n) is 1.55. The topological polar surface area (TPSA) is 59.4 Å². The molecule has 1 aromatic carbocycles. The van der Waals surface area contributed by atoms with Crippen LogP contribution in [0.4, 0.5) is 0 Å². The van der Waals surface area contributed by atoms with Gasteiger partial charge in [-0.3, -0.25) is 0 Å². The molecule has 0 bridgehead atoms. The molecular formula is C14H13NO3S. The average Bonchev–Trinajstić information content (AvgIpc) is 2.95. The lowest BCUT2D eigenvalue weighted by Crippen LogP contribution is -2.12. The number of carbonyl (C=O) groups excluding carboxylic acids is 1. The fourth-order valence-corrected chi connectivity index (χ4v) is 2.39. The van der Waals surface area contributed by atoms with Crippen molar-refractivity contribution >= 4 is 17.3 Å². The Morgan fingerprint density at radius 3 is 2.74 bits per heavy atom. The minimum absolute atomic E-state index is 0.0209. The summed E-state index contributed by atoms with van der Waals surface area (Å²) in [6.45, 7) is 3.52. The van der Waals surface area contributed by atoms with Gasteiger partial charge < -0.3 is 9.84 Å². The van der Waals surface area contributed by atoms with E-state index in [0.717, 1.165) is 10.6 Å². The van der Waals surface area contributed by atoms with Crippen molar-refractivity contribution in [2.75, 3.05) is 7.11 Å². The molecule has 1 N–H and O–H groups in total. The zero-order valence-electron chi connectivity index (χ0n) is 10.4. The van der Waals surface area contributed by atoms with Gasteiger partial charge in [-0.2, -0.15) is 0 Å². The Bertz CT molecular complexity index is 592. The van der Waals surface area contributed by atoms with Crippen LogP contribution in [-0.4, -0.2) is 23.2 Å². The maximum absolute atomic E-state index is 11.3. The molecule has 0 fully saturated rings. The van der Waals surface area contributed by atoms with Crippen molar-refractivity contribution < 1.29 is 14.6 Å². The van der Waals surface area contributed by atoms with E-state index < -0.39 is 12.1 Å². The molecule has 0 saturated carbocycles. The van der Waals surface area contributed by atoms with E-state index in [9.17, 15) is 9.90 Å². The number of methoxy groups -OCH3 is 1. The molecule has 0 amide bonds. The number of carbonyl (C=O) groups is 1. The van der Waals surface area contributed by atoms with Crippen LogP contribution in [0, 0.1) is 0 Å². The van der Waals surface area contributed by atoms with Crippen molar-refractivity contribution in [3.05, 3.63) is 53.6 Å². The fraction of sp³-hybridized carbons (Fsp3) is 0.143. The standard InChI is InChI=1S/C14H13NO3S/c1-9(14(17)18-2)12(16)11-8-19-13(15-11)10-6-4-3-5-7-10/h3-8,12,16H,1H2,2H3. The Kier molecular flexibility index (Phi) is 4.09. The van der Waals surface area contributed by atoms with E-state index in [-0.39, 0.29) is 5.57 Å². The number of ether oxygens (including phenoxy) is 1. The highest BCUT2D eigenvalue weighted by Gasteiger charge is 2.21. The molecule has 1 aromatic heterocycles. The number of rotatable bonds is 4. The first-order valence-corrected chi connectivity index (χ1v) is 6.47. The van der Waals surface area contributed by atoms with Crippen LogP contribution in [-0.2, 0) is 9.53 Å². The first-order valence-electron chi connectivity index (χ1n) is 5.59. The molecule has 1 heterocycles. The Balaban J connectivity index is 2.22. The van der Waals surface area contributed by atoms with E-state index in [4.69, 9.17) is 0 Å². The summed E-state index contributed by atoms with van der Waals surface area (Å²) in [5.74, 6) is -0.637. The molecule has 5 heteroatoms. The number of hydrogen-bond donors (Lipinski definition) is 1. The molecule has 0 aliphatic carbocycles. The highest BCUT2D eigenvalue weighted by atomic mass is 32.1. The second kappa shape index (κ2) is 5.77. The summed E-state index contributed by atoms with van der Waals surface area (Å²) >= 11 is 1.40. The molecular weight excluding hydrogens is 262 g/mol. The van der Waals surface area contributed by atoms with Gasteiger partial charge in [-0.25, -0.2) is 9.78 Å². The normalized spacial score (nSPS) is 11.9. The van der Waals surface area contributed by atoms with Gasteiger partial charge in [0.25, 0.3) is 0 Å². The van der Waals surface area contributed by atoms with Gasteiger partial charge >= 0.3 is 5.97 Å². The van der Waals surface area contributed by atoms with Gasteiger partial charge in [0.2, 0.25) is 0 Å². The molecule has 0 spiro atoms. The molecule has 0 aliphatic heterocycles. The molecule has 2 rings (SSSR count). The van der Waals surface area contributed by atoms with Crippen molar-refractivity contribution in [2.45, 2.75) is 6.10 Å². The van der Waals surface area contributed by atoms with Crippen molar-refractivity contribution in [2.24, 2.45) is 0 Å². The summed E-state index contributed by atoms with van der Waals surface area (Å²) in [5.41, 5.74) is 1.35. The molecule has 2 aromatic rings. The zero-order chi connectivity index (χ0) is 13.8. The SMILES string of the molecule is C=C(C(=O)OC)C(O)c1csc(-c2ccccc2)n1. The van der Waals surface area contributed by atoms with Gasteiger partial charge in [-0.1, -0.05) is 36.9 Å². The lowest BCUT2D eigenvalue weighted by molar-refractivity contribution is -0.137. The first kappa shape index (κ1) is 13.5. The van der Waals surface area contributed by atoms with E-state index in [2.05, 4.69) is 16.3 Å². The summed E-state index contributed by atoms with van der Waals surface area (Å²) in [6.07, 6.45) is -1.14. The minimum atomic E-state index is -1.14. The van der Waals surface area contributed by atoms with Gasteiger partial charge in [-0.05, 0) is 0 Å². The largest absolute Gasteiger partial charge is 0.466 e. The predicted molar refractivity (Wildman–Crippen MR) is 73.7 cm³/mol. The Morgan fingerprint density at radius 2 is 2.11 bits per heavy atom. The molecule has 0 saturated heterocycles. The van der Waals surface area contributed by atoms with Crippen molar-refractivity contribution in [3.63, 3.8) is 0 Å². The van der Waals surface area contributed by atoms with E-state index in [1.54, 1.807) is 5.38 Å². The second-order valence-corrected chi connectivity index (χ2v) is 4.72. The lowest BCUT2D eigenvalue weighted by Gasteiger charge is -2.08. The monoisotopic (exact) mass is 275 g/mol. The highest BCUT2D eigenvalue weighted by molar-refractivity contribution is 7.13. The van der Waals surface area contributed by atoms with E-state index in [1.165, 1.54) is 18.4 Å². The number of hydrogen-bond acceptors (Lipinski definition) is 5. The van der Waals surface area contributed by atoms with Crippen LogP contribution < -0.4 is 0 Å². The van der Waals surface area contributed by atoms with Crippen molar-refractivity contribution in [1.82, 2.24) is 4.98 Å². The third-order valence-electron chi connectivity index (χ3n) is 2.60. The number of thiazole rings is 1. The molecule has 0 aliphatic rings. The molecule has 1 atom stereocenters. The minimum Gasteiger partial charge on any atom is -0.466 e. The summed E-state index contributed by atoms with van der Waals surface area (Å²) < 4.78 is 4.52. The van der Waals surface area contributed by atoms with Gasteiger partial charge in [0.1, 0.15) is 11.1 Å². The number of aromatic nitrogens is 1. The first-order chi connectivity index (χ1) is 9.13. The quantitative estimate of drug-likeness (QED) is 0.688. The van der Waals surface area contributed by atoms with Crippen LogP contribution in [0.1, 0.15) is 11.8 Å².